The summed E-state index contributed by atoms with van der Waals surface area (Å²) in [6.45, 7) is 0.0810. The Hall–Kier alpha value is 0.110. The Morgan fingerprint density at radius 3 is 1.86 bits per heavy atom. The number of hydrogen-bond acceptors (Lipinski definition) is 1. The zero-order chi connectivity index (χ0) is 4.99. The molecule has 0 aromatic carbocycles. The maximum absolute atomic E-state index is 11.0. The number of alkyl halides is 2. The molecular formula is C3H8ClF2N. The molecule has 0 saturated heterocycles. The molecule has 0 aromatic heterocycles. The summed E-state index contributed by atoms with van der Waals surface area (Å²) in [4.78, 5) is 0. The van der Waals surface area contributed by atoms with Crippen molar-refractivity contribution in [3.63, 3.8) is 0 Å². The van der Waals surface area contributed by atoms with E-state index in [0.717, 1.165) is 0 Å². The summed E-state index contributed by atoms with van der Waals surface area (Å²) in [5, 5.41) is 0. The van der Waals surface area contributed by atoms with Gasteiger partial charge in [-0.25, -0.2) is 8.78 Å². The zero-order valence-electron chi connectivity index (χ0n) is 3.73. The van der Waals surface area contributed by atoms with Gasteiger partial charge in [0.05, 0.1) is 0 Å². The second kappa shape index (κ2) is 6.11. The van der Waals surface area contributed by atoms with Gasteiger partial charge in [0.2, 0.25) is 6.43 Å². The van der Waals surface area contributed by atoms with Crippen molar-refractivity contribution in [2.24, 2.45) is 5.73 Å². The van der Waals surface area contributed by atoms with Gasteiger partial charge >= 0.3 is 0 Å². The maximum Gasteiger partial charge on any atom is 0.239 e. The van der Waals surface area contributed by atoms with Crippen LogP contribution >= 0.6 is 12.4 Å². The molecule has 7 heavy (non-hydrogen) atoms. The second-order valence-corrected chi connectivity index (χ2v) is 0.968. The Morgan fingerprint density at radius 2 is 1.86 bits per heavy atom. The molecule has 4 heteroatoms. The van der Waals surface area contributed by atoms with E-state index in [1.165, 1.54) is 0 Å². The first kappa shape index (κ1) is 10.2. The van der Waals surface area contributed by atoms with E-state index in [1.54, 1.807) is 0 Å². The molecule has 0 fully saturated rings. The van der Waals surface area contributed by atoms with Gasteiger partial charge in [0.15, 0.2) is 0 Å². The Morgan fingerprint density at radius 1 is 1.43 bits per heavy atom. The molecule has 0 bridgehead atoms. The van der Waals surface area contributed by atoms with Crippen LogP contribution in [0.25, 0.3) is 0 Å². The highest BCUT2D eigenvalue weighted by Crippen LogP contribution is 1.93. The van der Waals surface area contributed by atoms with E-state index in [2.05, 4.69) is 0 Å². The molecule has 0 aliphatic carbocycles. The van der Waals surface area contributed by atoms with E-state index in [1.807, 2.05) is 0 Å². The van der Waals surface area contributed by atoms with Crippen molar-refractivity contribution in [3.05, 3.63) is 0 Å². The van der Waals surface area contributed by atoms with Crippen molar-refractivity contribution in [2.45, 2.75) is 12.8 Å². The molecular weight excluding hydrogens is 123 g/mol. The van der Waals surface area contributed by atoms with Crippen LogP contribution in [0.15, 0.2) is 0 Å². The topological polar surface area (TPSA) is 26.0 Å². The van der Waals surface area contributed by atoms with Crippen LogP contribution in [0.4, 0.5) is 8.78 Å². The summed E-state index contributed by atoms with van der Waals surface area (Å²) >= 11 is 0. The van der Waals surface area contributed by atoms with E-state index in [0.29, 0.717) is 0 Å². The Bertz CT molecular complexity index is 34.1. The van der Waals surface area contributed by atoms with Crippen LogP contribution in [0.3, 0.4) is 0 Å². The van der Waals surface area contributed by atoms with Crippen LogP contribution in [0.1, 0.15) is 6.42 Å². The molecule has 0 saturated carbocycles. The van der Waals surface area contributed by atoms with Crippen molar-refractivity contribution in [2.75, 3.05) is 6.54 Å². The van der Waals surface area contributed by atoms with Crippen LogP contribution in [0.2, 0.25) is 0 Å². The molecule has 0 aliphatic rings. The van der Waals surface area contributed by atoms with Gasteiger partial charge in [-0.05, 0) is 6.54 Å². The van der Waals surface area contributed by atoms with Gasteiger partial charge < -0.3 is 5.73 Å². The Balaban J connectivity index is 0. The van der Waals surface area contributed by atoms with E-state index >= 15 is 0 Å². The quantitative estimate of drug-likeness (QED) is 0.595. The largest absolute Gasteiger partial charge is 0.330 e. The summed E-state index contributed by atoms with van der Waals surface area (Å²) in [5.74, 6) is 0. The summed E-state index contributed by atoms with van der Waals surface area (Å²) in [6, 6.07) is 0. The highest BCUT2D eigenvalue weighted by molar-refractivity contribution is 5.85. The molecule has 0 rings (SSSR count). The monoisotopic (exact) mass is 131 g/mol. The lowest BCUT2D eigenvalue weighted by molar-refractivity contribution is 0.140. The third kappa shape index (κ3) is 10.7. The van der Waals surface area contributed by atoms with Crippen molar-refractivity contribution >= 4 is 12.4 Å². The van der Waals surface area contributed by atoms with E-state index in [9.17, 15) is 8.78 Å². The summed E-state index contributed by atoms with van der Waals surface area (Å²) in [6.07, 6.45) is -2.41. The summed E-state index contributed by atoms with van der Waals surface area (Å²) < 4.78 is 21.9. The average Bonchev–Trinajstić information content (AvgIpc) is 1.35. The number of halogens is 3. The first-order valence-corrected chi connectivity index (χ1v) is 1.75. The van der Waals surface area contributed by atoms with Crippen LogP contribution < -0.4 is 5.73 Å². The molecule has 0 amide bonds. The number of hydrogen-bond donors (Lipinski definition) is 1. The van der Waals surface area contributed by atoms with Crippen LogP contribution in [-0.4, -0.2) is 13.0 Å². The molecule has 2 N–H and O–H groups in total. The highest BCUT2D eigenvalue weighted by Gasteiger charge is 1.95. The van der Waals surface area contributed by atoms with Gasteiger partial charge in [-0.2, -0.15) is 0 Å². The predicted octanol–water partition coefficient (Wildman–Crippen LogP) is 1.02. The third-order valence-electron chi connectivity index (χ3n) is 0.385. The van der Waals surface area contributed by atoms with Crippen molar-refractivity contribution in [3.8, 4) is 0 Å². The average molecular weight is 132 g/mol. The van der Waals surface area contributed by atoms with E-state index in [4.69, 9.17) is 5.73 Å². The van der Waals surface area contributed by atoms with Crippen LogP contribution in [-0.2, 0) is 0 Å². The van der Waals surface area contributed by atoms with Gasteiger partial charge in [0.25, 0.3) is 0 Å². The molecule has 0 atom stereocenters. The molecule has 0 radical (unpaired) electrons. The van der Waals surface area contributed by atoms with Gasteiger partial charge in [0, 0.05) is 6.42 Å². The van der Waals surface area contributed by atoms with Gasteiger partial charge in [0.1, 0.15) is 0 Å². The SMILES string of the molecule is Cl.NCCC(F)F. The van der Waals surface area contributed by atoms with Gasteiger partial charge in [-0.1, -0.05) is 0 Å². The van der Waals surface area contributed by atoms with E-state index < -0.39 is 6.43 Å². The molecule has 0 heterocycles. The lowest BCUT2D eigenvalue weighted by atomic mass is 10.5. The molecule has 0 aliphatic heterocycles. The first-order valence-electron chi connectivity index (χ1n) is 1.75. The van der Waals surface area contributed by atoms with Crippen molar-refractivity contribution < 1.29 is 8.78 Å². The lowest BCUT2D eigenvalue weighted by Crippen LogP contribution is -2.03. The standard InChI is InChI=1S/C3H7F2N.ClH/c4-3(5)1-2-6;/h3H,1-2,6H2;1H. The molecule has 0 spiro atoms. The number of rotatable bonds is 2. The van der Waals surface area contributed by atoms with Crippen LogP contribution in [0, 0.1) is 0 Å². The summed E-state index contributed by atoms with van der Waals surface area (Å²) in [7, 11) is 0. The molecule has 46 valence electrons. The maximum atomic E-state index is 11.0. The first-order chi connectivity index (χ1) is 2.77. The second-order valence-electron chi connectivity index (χ2n) is 0.968. The summed E-state index contributed by atoms with van der Waals surface area (Å²) in [5.41, 5.74) is 4.75. The lowest BCUT2D eigenvalue weighted by Gasteiger charge is -1.88. The van der Waals surface area contributed by atoms with Crippen molar-refractivity contribution in [1.82, 2.24) is 0 Å². The molecule has 1 nitrogen and oxygen atoms in total. The van der Waals surface area contributed by atoms with Gasteiger partial charge in [-0.15, -0.1) is 12.4 Å². The fraction of sp³-hybridized carbons (Fsp3) is 1.00. The Labute approximate surface area is 47.3 Å². The van der Waals surface area contributed by atoms with Crippen molar-refractivity contribution in [1.29, 1.82) is 0 Å². The molecule has 0 unspecified atom stereocenters. The minimum Gasteiger partial charge on any atom is -0.330 e. The fourth-order valence-corrected chi connectivity index (χ4v) is 0.126. The Kier molecular flexibility index (Phi) is 8.87. The highest BCUT2D eigenvalue weighted by atomic mass is 35.5. The predicted molar refractivity (Wildman–Crippen MR) is 26.9 cm³/mol. The number of nitrogens with two attached hydrogens (primary N) is 1. The smallest absolute Gasteiger partial charge is 0.239 e. The minimum atomic E-state index is -2.23. The minimum absolute atomic E-state index is 0. The van der Waals surface area contributed by atoms with Gasteiger partial charge in [-0.3, -0.25) is 0 Å². The zero-order valence-corrected chi connectivity index (χ0v) is 4.55. The third-order valence-corrected chi connectivity index (χ3v) is 0.385. The normalized spacial score (nSPS) is 8.57. The molecule has 0 aromatic rings. The fourth-order valence-electron chi connectivity index (χ4n) is 0.126. The van der Waals surface area contributed by atoms with E-state index in [-0.39, 0.29) is 25.4 Å². The van der Waals surface area contributed by atoms with Crippen LogP contribution in [0.5, 0.6) is 0 Å².